The fraction of sp³-hybridized carbons (Fsp3) is 0.231. The van der Waals surface area contributed by atoms with E-state index in [1.165, 1.54) is 0 Å². The number of carboxylic acid groups (broad SMARTS) is 1. The maximum Gasteiger partial charge on any atom is 0.356 e. The van der Waals surface area contributed by atoms with Crippen LogP contribution in [0, 0.1) is 11.8 Å². The fourth-order valence-electron chi connectivity index (χ4n) is 1.69. The van der Waals surface area contributed by atoms with E-state index in [0.717, 1.165) is 0 Å². The van der Waals surface area contributed by atoms with Gasteiger partial charge in [0, 0.05) is 19.2 Å². The zero-order valence-corrected chi connectivity index (χ0v) is 9.97. The van der Waals surface area contributed by atoms with Gasteiger partial charge in [0.2, 0.25) is 0 Å². The fourth-order valence-corrected chi connectivity index (χ4v) is 1.69. The molecule has 5 heteroatoms. The Kier molecular flexibility index (Phi) is 3.49. The largest absolute Gasteiger partial charge is 0.476 e. The Bertz CT molecular complexity index is 634. The van der Waals surface area contributed by atoms with Gasteiger partial charge in [-0.2, -0.15) is 0 Å². The lowest BCUT2D eigenvalue weighted by Crippen LogP contribution is -2.08. The highest BCUT2D eigenvalue weighted by Gasteiger charge is 2.17. The maximum absolute atomic E-state index is 11.3. The molecule has 0 atom stereocenters. The number of fused-ring (bicyclic) bond motifs is 1. The molecule has 2 aromatic heterocycles. The van der Waals surface area contributed by atoms with Crippen molar-refractivity contribution in [3.8, 4) is 11.8 Å². The Morgan fingerprint density at radius 2 is 2.39 bits per heavy atom. The van der Waals surface area contributed by atoms with Gasteiger partial charge in [-0.25, -0.2) is 9.78 Å². The van der Waals surface area contributed by atoms with E-state index in [2.05, 4.69) is 22.1 Å². The third-order valence-electron chi connectivity index (χ3n) is 2.45. The van der Waals surface area contributed by atoms with Gasteiger partial charge in [-0.05, 0) is 19.1 Å². The highest BCUT2D eigenvalue weighted by atomic mass is 16.4. The molecule has 18 heavy (non-hydrogen) atoms. The van der Waals surface area contributed by atoms with Crippen molar-refractivity contribution in [2.24, 2.45) is 0 Å². The summed E-state index contributed by atoms with van der Waals surface area (Å²) >= 11 is 0. The number of nitrogens with one attached hydrogen (secondary N) is 1. The number of aromatic nitrogens is 2. The Hall–Kier alpha value is -2.48. The first-order chi connectivity index (χ1) is 8.74. The van der Waals surface area contributed by atoms with Crippen LogP contribution in [-0.4, -0.2) is 27.0 Å². The second-order valence-electron chi connectivity index (χ2n) is 3.65. The zero-order chi connectivity index (χ0) is 13.0. The predicted molar refractivity (Wildman–Crippen MR) is 68.7 cm³/mol. The van der Waals surface area contributed by atoms with Crippen LogP contribution in [0.4, 0.5) is 5.82 Å². The third-order valence-corrected chi connectivity index (χ3v) is 2.45. The zero-order valence-electron chi connectivity index (χ0n) is 9.97. The Morgan fingerprint density at radius 1 is 1.56 bits per heavy atom. The van der Waals surface area contributed by atoms with Crippen molar-refractivity contribution in [3.63, 3.8) is 0 Å². The van der Waals surface area contributed by atoms with Crippen LogP contribution in [0.1, 0.15) is 23.8 Å². The van der Waals surface area contributed by atoms with Crippen molar-refractivity contribution in [3.05, 3.63) is 30.1 Å². The highest BCUT2D eigenvalue weighted by Crippen LogP contribution is 2.17. The summed E-state index contributed by atoms with van der Waals surface area (Å²) in [5, 5.41) is 12.2. The van der Waals surface area contributed by atoms with Gasteiger partial charge in [0.1, 0.15) is 5.65 Å². The standard InChI is InChI=1S/C13H13N3O2/c1-2-3-5-8-14-12-11(13(17)18)16-9-6-4-7-10(16)15-12/h4,6-7,9,14H,5,8H2,1H3,(H,17,18). The summed E-state index contributed by atoms with van der Waals surface area (Å²) in [6.07, 6.45) is 2.34. The van der Waals surface area contributed by atoms with Crippen molar-refractivity contribution in [1.82, 2.24) is 9.38 Å². The molecular formula is C13H13N3O2. The molecule has 0 bridgehead atoms. The molecule has 2 N–H and O–H groups in total. The van der Waals surface area contributed by atoms with E-state index >= 15 is 0 Å². The molecule has 92 valence electrons. The van der Waals surface area contributed by atoms with E-state index in [0.29, 0.717) is 24.4 Å². The van der Waals surface area contributed by atoms with Gasteiger partial charge in [0.25, 0.3) is 0 Å². The number of anilines is 1. The number of aromatic carboxylic acids is 1. The number of nitrogens with zero attached hydrogens (tertiary/aromatic N) is 2. The van der Waals surface area contributed by atoms with Gasteiger partial charge in [-0.15, -0.1) is 11.8 Å². The summed E-state index contributed by atoms with van der Waals surface area (Å²) in [7, 11) is 0. The number of imidazole rings is 1. The van der Waals surface area contributed by atoms with Crippen LogP contribution in [0.3, 0.4) is 0 Å². The lowest BCUT2D eigenvalue weighted by atomic mass is 10.4. The smallest absolute Gasteiger partial charge is 0.356 e. The van der Waals surface area contributed by atoms with Crippen molar-refractivity contribution < 1.29 is 9.90 Å². The van der Waals surface area contributed by atoms with Gasteiger partial charge < -0.3 is 10.4 Å². The van der Waals surface area contributed by atoms with E-state index in [-0.39, 0.29) is 5.69 Å². The molecule has 2 heterocycles. The minimum Gasteiger partial charge on any atom is -0.476 e. The van der Waals surface area contributed by atoms with Gasteiger partial charge in [-0.3, -0.25) is 4.40 Å². The quantitative estimate of drug-likeness (QED) is 0.635. The van der Waals surface area contributed by atoms with Gasteiger partial charge >= 0.3 is 5.97 Å². The van der Waals surface area contributed by atoms with Crippen molar-refractivity contribution in [2.75, 3.05) is 11.9 Å². The molecule has 0 aliphatic rings. The number of carboxylic acids is 1. The van der Waals surface area contributed by atoms with E-state index in [1.54, 1.807) is 29.7 Å². The van der Waals surface area contributed by atoms with Crippen LogP contribution in [0.25, 0.3) is 5.65 Å². The minimum absolute atomic E-state index is 0.148. The van der Waals surface area contributed by atoms with Gasteiger partial charge in [-0.1, -0.05) is 6.07 Å². The first-order valence-corrected chi connectivity index (χ1v) is 5.58. The Balaban J connectivity index is 2.33. The SMILES string of the molecule is CC#CCCNc1nc2ccccn2c1C(=O)O. The Labute approximate surface area is 104 Å². The molecule has 0 spiro atoms. The van der Waals surface area contributed by atoms with E-state index in [9.17, 15) is 9.90 Å². The summed E-state index contributed by atoms with van der Waals surface area (Å²) in [5.41, 5.74) is 0.758. The molecule has 5 nitrogen and oxygen atoms in total. The van der Waals surface area contributed by atoms with Crippen LogP contribution in [-0.2, 0) is 0 Å². The lowest BCUT2D eigenvalue weighted by Gasteiger charge is -2.01. The van der Waals surface area contributed by atoms with Crippen LogP contribution in [0.15, 0.2) is 24.4 Å². The second kappa shape index (κ2) is 5.23. The number of rotatable bonds is 4. The number of hydrogen-bond acceptors (Lipinski definition) is 3. The number of carbonyl (C=O) groups is 1. The van der Waals surface area contributed by atoms with Crippen molar-refractivity contribution >= 4 is 17.4 Å². The van der Waals surface area contributed by atoms with Crippen LogP contribution in [0.2, 0.25) is 0 Å². The third kappa shape index (κ3) is 2.28. The van der Waals surface area contributed by atoms with Crippen LogP contribution in [0.5, 0.6) is 0 Å². The average molecular weight is 243 g/mol. The lowest BCUT2D eigenvalue weighted by molar-refractivity contribution is 0.0690. The summed E-state index contributed by atoms with van der Waals surface area (Å²) in [4.78, 5) is 15.5. The van der Waals surface area contributed by atoms with Crippen LogP contribution >= 0.6 is 0 Å². The van der Waals surface area contributed by atoms with Gasteiger partial charge in [0.15, 0.2) is 11.5 Å². The molecule has 0 aliphatic heterocycles. The normalized spacial score (nSPS) is 9.83. The number of pyridine rings is 1. The highest BCUT2D eigenvalue weighted by molar-refractivity contribution is 5.92. The van der Waals surface area contributed by atoms with E-state index < -0.39 is 5.97 Å². The minimum atomic E-state index is -1.00. The summed E-state index contributed by atoms with van der Waals surface area (Å²) in [5.74, 6) is 5.07. The summed E-state index contributed by atoms with van der Waals surface area (Å²) in [6, 6.07) is 5.36. The molecule has 0 unspecified atom stereocenters. The molecule has 2 rings (SSSR count). The van der Waals surface area contributed by atoms with E-state index in [1.807, 2.05) is 6.07 Å². The molecule has 0 fully saturated rings. The summed E-state index contributed by atoms with van der Waals surface area (Å²) < 4.78 is 1.55. The Morgan fingerprint density at radius 3 is 3.11 bits per heavy atom. The van der Waals surface area contributed by atoms with Crippen LogP contribution < -0.4 is 5.32 Å². The molecular weight excluding hydrogens is 230 g/mol. The topological polar surface area (TPSA) is 66.6 Å². The molecule has 0 saturated carbocycles. The van der Waals surface area contributed by atoms with Gasteiger partial charge in [0.05, 0.1) is 0 Å². The molecule has 0 aliphatic carbocycles. The molecule has 0 aromatic carbocycles. The van der Waals surface area contributed by atoms with E-state index in [4.69, 9.17) is 0 Å². The number of hydrogen-bond donors (Lipinski definition) is 2. The molecule has 0 saturated heterocycles. The molecule has 0 radical (unpaired) electrons. The predicted octanol–water partition coefficient (Wildman–Crippen LogP) is 1.86. The maximum atomic E-state index is 11.3. The summed E-state index contributed by atoms with van der Waals surface area (Å²) in [6.45, 7) is 2.35. The molecule has 0 amide bonds. The first kappa shape index (κ1) is 12.0. The average Bonchev–Trinajstić information content (AvgIpc) is 2.73. The monoisotopic (exact) mass is 243 g/mol. The second-order valence-corrected chi connectivity index (χ2v) is 3.65. The molecule has 2 aromatic rings. The first-order valence-electron chi connectivity index (χ1n) is 5.58. The van der Waals surface area contributed by atoms with Crippen molar-refractivity contribution in [1.29, 1.82) is 0 Å². The van der Waals surface area contributed by atoms with Crippen molar-refractivity contribution in [2.45, 2.75) is 13.3 Å².